The molecular formula is C9H14N2S. The average molecular weight is 182 g/mol. The molecule has 66 valence electrons. The van der Waals surface area contributed by atoms with E-state index in [9.17, 15) is 0 Å². The maximum Gasteiger partial charge on any atom is 0.187 e. The Morgan fingerprint density at radius 2 is 2.17 bits per heavy atom. The van der Waals surface area contributed by atoms with Crippen LogP contribution in [-0.4, -0.2) is 16.2 Å². The van der Waals surface area contributed by atoms with Crippen LogP contribution in [-0.2, 0) is 0 Å². The summed E-state index contributed by atoms with van der Waals surface area (Å²) in [5, 5.41) is 0.789. The Morgan fingerprint density at radius 1 is 1.50 bits per heavy atom. The normalized spacial score (nSPS) is 8.25. The predicted molar refractivity (Wildman–Crippen MR) is 55.3 cm³/mol. The van der Waals surface area contributed by atoms with Gasteiger partial charge >= 0.3 is 0 Å². The van der Waals surface area contributed by atoms with E-state index in [1.54, 1.807) is 12.3 Å². The predicted octanol–water partition coefficient (Wildman–Crippen LogP) is 2.87. The van der Waals surface area contributed by atoms with Crippen LogP contribution in [0.4, 0.5) is 0 Å². The molecule has 0 bridgehead atoms. The van der Waals surface area contributed by atoms with E-state index in [-0.39, 0.29) is 0 Å². The maximum absolute atomic E-state index is 4.14. The van der Waals surface area contributed by atoms with Crippen LogP contribution in [0.3, 0.4) is 0 Å². The van der Waals surface area contributed by atoms with E-state index in [4.69, 9.17) is 0 Å². The lowest BCUT2D eigenvalue weighted by Gasteiger charge is -1.93. The molecule has 0 aliphatic rings. The molecule has 0 amide bonds. The lowest BCUT2D eigenvalue weighted by atomic mass is 10.4. The van der Waals surface area contributed by atoms with Crippen molar-refractivity contribution in [1.82, 2.24) is 9.97 Å². The summed E-state index contributed by atoms with van der Waals surface area (Å²) in [6.45, 7) is 7.61. The van der Waals surface area contributed by atoms with E-state index in [0.29, 0.717) is 0 Å². The van der Waals surface area contributed by atoms with Gasteiger partial charge in [0.25, 0.3) is 0 Å². The molecular weight excluding hydrogens is 168 g/mol. The highest BCUT2D eigenvalue weighted by Crippen LogP contribution is 2.07. The highest BCUT2D eigenvalue weighted by atomic mass is 32.2. The maximum atomic E-state index is 4.14. The van der Waals surface area contributed by atoms with Crippen molar-refractivity contribution in [1.29, 1.82) is 0 Å². The van der Waals surface area contributed by atoms with Gasteiger partial charge in [0, 0.05) is 6.20 Å². The molecule has 0 saturated carbocycles. The zero-order valence-electron chi connectivity index (χ0n) is 7.74. The van der Waals surface area contributed by atoms with Gasteiger partial charge in [-0.3, -0.25) is 0 Å². The lowest BCUT2D eigenvalue weighted by Crippen LogP contribution is -1.86. The molecule has 0 spiro atoms. The van der Waals surface area contributed by atoms with Crippen molar-refractivity contribution < 1.29 is 0 Å². The zero-order chi connectivity index (χ0) is 9.40. The first kappa shape index (κ1) is 11.2. The van der Waals surface area contributed by atoms with Gasteiger partial charge in [0.1, 0.15) is 0 Å². The van der Waals surface area contributed by atoms with Gasteiger partial charge in [-0.2, -0.15) is 0 Å². The second kappa shape index (κ2) is 6.85. The molecule has 1 aromatic rings. The van der Waals surface area contributed by atoms with Crippen molar-refractivity contribution in [3.63, 3.8) is 0 Å². The second-order valence-corrected chi connectivity index (χ2v) is 2.45. The number of aromatic nitrogens is 2. The number of hydrogen-bond donors (Lipinski definition) is 0. The summed E-state index contributed by atoms with van der Waals surface area (Å²) < 4.78 is 0. The summed E-state index contributed by atoms with van der Waals surface area (Å²) in [5.74, 6) is 0. The highest BCUT2D eigenvalue weighted by molar-refractivity contribution is 7.98. The van der Waals surface area contributed by atoms with Crippen LogP contribution < -0.4 is 0 Å². The Hall–Kier alpha value is -0.830. The molecule has 0 saturated heterocycles. The Labute approximate surface area is 78.1 Å². The van der Waals surface area contributed by atoms with Crippen LogP contribution in [0.15, 0.2) is 24.0 Å². The quantitative estimate of drug-likeness (QED) is 0.519. The summed E-state index contributed by atoms with van der Waals surface area (Å²) in [5.41, 5.74) is 0.874. The van der Waals surface area contributed by atoms with E-state index in [0.717, 1.165) is 10.9 Å². The fourth-order valence-electron chi connectivity index (χ4n) is 0.566. The van der Waals surface area contributed by atoms with E-state index in [2.05, 4.69) is 16.5 Å². The van der Waals surface area contributed by atoms with Crippen LogP contribution in [0.2, 0.25) is 0 Å². The smallest absolute Gasteiger partial charge is 0.187 e. The van der Waals surface area contributed by atoms with E-state index < -0.39 is 0 Å². The van der Waals surface area contributed by atoms with E-state index in [1.165, 1.54) is 11.8 Å². The third kappa shape index (κ3) is 3.53. The van der Waals surface area contributed by atoms with Gasteiger partial charge in [0.2, 0.25) is 0 Å². The average Bonchev–Trinajstić information content (AvgIpc) is 2.21. The molecule has 1 aromatic heterocycles. The van der Waals surface area contributed by atoms with Gasteiger partial charge in [0.15, 0.2) is 5.16 Å². The molecule has 0 fully saturated rings. The third-order valence-corrected chi connectivity index (χ3v) is 1.61. The number of hydrogen-bond acceptors (Lipinski definition) is 3. The van der Waals surface area contributed by atoms with E-state index >= 15 is 0 Å². The van der Waals surface area contributed by atoms with Crippen molar-refractivity contribution in [2.24, 2.45) is 0 Å². The first-order valence-corrected chi connectivity index (χ1v) is 5.09. The van der Waals surface area contributed by atoms with Crippen LogP contribution in [0.1, 0.15) is 19.5 Å². The van der Waals surface area contributed by atoms with Gasteiger partial charge in [-0.25, -0.2) is 9.97 Å². The summed E-state index contributed by atoms with van der Waals surface area (Å²) in [6.07, 6.45) is 5.39. The first-order valence-electron chi connectivity index (χ1n) is 3.86. The largest absolute Gasteiger partial charge is 0.231 e. The van der Waals surface area contributed by atoms with Gasteiger partial charge < -0.3 is 0 Å². The van der Waals surface area contributed by atoms with Gasteiger partial charge in [-0.1, -0.05) is 32.2 Å². The Bertz CT molecular complexity index is 236. The third-order valence-electron chi connectivity index (χ3n) is 1.05. The van der Waals surface area contributed by atoms with Crippen LogP contribution in [0, 0.1) is 0 Å². The van der Waals surface area contributed by atoms with Crippen LogP contribution >= 0.6 is 11.8 Å². The Morgan fingerprint density at radius 3 is 2.67 bits per heavy atom. The van der Waals surface area contributed by atoms with Crippen molar-refractivity contribution in [3.05, 3.63) is 24.5 Å². The van der Waals surface area contributed by atoms with Gasteiger partial charge in [-0.05, 0) is 18.4 Å². The molecule has 0 aliphatic heterocycles. The molecule has 0 unspecified atom stereocenters. The zero-order valence-corrected chi connectivity index (χ0v) is 8.56. The van der Waals surface area contributed by atoms with Crippen molar-refractivity contribution in [3.8, 4) is 0 Å². The molecule has 0 radical (unpaired) electrons. The van der Waals surface area contributed by atoms with Crippen molar-refractivity contribution in [2.75, 3.05) is 6.26 Å². The SMILES string of the molecule is C=Cc1ccnc(SC)n1.CC. The number of rotatable bonds is 2. The molecule has 0 N–H and O–H groups in total. The summed E-state index contributed by atoms with van der Waals surface area (Å²) >= 11 is 1.53. The minimum absolute atomic E-state index is 0.789. The second-order valence-electron chi connectivity index (χ2n) is 1.67. The lowest BCUT2D eigenvalue weighted by molar-refractivity contribution is 0.961. The van der Waals surface area contributed by atoms with Gasteiger partial charge in [-0.15, -0.1) is 0 Å². The van der Waals surface area contributed by atoms with Crippen LogP contribution in [0.5, 0.6) is 0 Å². The molecule has 0 aliphatic carbocycles. The Balaban J connectivity index is 0.000000561. The van der Waals surface area contributed by atoms with Crippen molar-refractivity contribution >= 4 is 17.8 Å². The van der Waals surface area contributed by atoms with Crippen LogP contribution in [0.25, 0.3) is 6.08 Å². The topological polar surface area (TPSA) is 25.8 Å². The molecule has 1 heterocycles. The molecule has 3 heteroatoms. The summed E-state index contributed by atoms with van der Waals surface area (Å²) in [6, 6.07) is 1.83. The number of thioether (sulfide) groups is 1. The summed E-state index contributed by atoms with van der Waals surface area (Å²) in [4.78, 5) is 8.15. The molecule has 0 aromatic carbocycles. The first-order chi connectivity index (χ1) is 5.86. The molecule has 1 rings (SSSR count). The number of nitrogens with zero attached hydrogens (tertiary/aromatic N) is 2. The summed E-state index contributed by atoms with van der Waals surface area (Å²) in [7, 11) is 0. The molecule has 12 heavy (non-hydrogen) atoms. The van der Waals surface area contributed by atoms with Crippen molar-refractivity contribution in [2.45, 2.75) is 19.0 Å². The van der Waals surface area contributed by atoms with Gasteiger partial charge in [0.05, 0.1) is 5.69 Å². The Kier molecular flexibility index (Phi) is 6.38. The molecule has 0 atom stereocenters. The molecule has 2 nitrogen and oxygen atoms in total. The van der Waals surface area contributed by atoms with E-state index in [1.807, 2.05) is 26.2 Å². The minimum atomic E-state index is 0.789. The standard InChI is InChI=1S/C7H8N2S.C2H6/c1-3-6-4-5-8-7(9-6)10-2;1-2/h3-5H,1H2,2H3;1-2H3. The monoisotopic (exact) mass is 182 g/mol. The fraction of sp³-hybridized carbons (Fsp3) is 0.333. The fourth-order valence-corrected chi connectivity index (χ4v) is 0.929. The minimum Gasteiger partial charge on any atom is -0.231 e. The highest BCUT2D eigenvalue weighted by Gasteiger charge is 1.91.